The molecule has 4 atom stereocenters. The van der Waals surface area contributed by atoms with Gasteiger partial charge in [-0.25, -0.2) is 4.79 Å². The molecule has 29 heavy (non-hydrogen) atoms. The predicted molar refractivity (Wildman–Crippen MR) is 104 cm³/mol. The second-order valence-corrected chi connectivity index (χ2v) is 7.18. The van der Waals surface area contributed by atoms with E-state index in [1.165, 1.54) is 21.0 Å². The molecule has 1 heterocycles. The molecule has 154 valence electrons. The van der Waals surface area contributed by atoms with Crippen LogP contribution in [0.15, 0.2) is 36.4 Å². The Morgan fingerprint density at radius 2 is 1.72 bits per heavy atom. The Labute approximate surface area is 168 Å². The summed E-state index contributed by atoms with van der Waals surface area (Å²) in [5, 5.41) is 2.64. The topological polar surface area (TPSA) is 102 Å². The smallest absolute Gasteiger partial charge is 0.329 e. The fraction of sp³-hybridized carbons (Fsp3) is 0.429. The van der Waals surface area contributed by atoms with Crippen LogP contribution in [0.3, 0.4) is 0 Å². The van der Waals surface area contributed by atoms with Gasteiger partial charge in [-0.3, -0.25) is 19.3 Å². The first kappa shape index (κ1) is 20.6. The molecule has 1 aromatic carbocycles. The van der Waals surface area contributed by atoms with Crippen molar-refractivity contribution in [2.75, 3.05) is 12.4 Å². The average molecular weight is 400 g/mol. The van der Waals surface area contributed by atoms with Crippen LogP contribution in [-0.2, 0) is 23.9 Å². The SMILES string of the molecule is COc1cccc(NC(=O)[C@H](C)OC(=O)[C@@H](C)N2C(=O)[C@H]3CC=CC[C@H]3C2=O)c1. The maximum atomic E-state index is 12.6. The predicted octanol–water partition coefficient (Wildman–Crippen LogP) is 1.91. The van der Waals surface area contributed by atoms with Crippen LogP contribution in [-0.4, -0.2) is 47.8 Å². The van der Waals surface area contributed by atoms with E-state index in [9.17, 15) is 19.2 Å². The Bertz CT molecular complexity index is 838. The number of carbonyl (C=O) groups is 4. The molecular weight excluding hydrogens is 376 g/mol. The van der Waals surface area contributed by atoms with Crippen LogP contribution in [0, 0.1) is 11.8 Å². The molecule has 1 aromatic rings. The highest BCUT2D eigenvalue weighted by atomic mass is 16.5. The van der Waals surface area contributed by atoms with Gasteiger partial charge in [0.2, 0.25) is 11.8 Å². The van der Waals surface area contributed by atoms with Crippen molar-refractivity contribution in [1.82, 2.24) is 4.90 Å². The van der Waals surface area contributed by atoms with Crippen molar-refractivity contribution >= 4 is 29.4 Å². The van der Waals surface area contributed by atoms with Gasteiger partial charge in [0.25, 0.3) is 5.91 Å². The highest BCUT2D eigenvalue weighted by Crippen LogP contribution is 2.36. The molecule has 0 aromatic heterocycles. The minimum absolute atomic E-state index is 0.359. The van der Waals surface area contributed by atoms with E-state index in [4.69, 9.17) is 9.47 Å². The van der Waals surface area contributed by atoms with Crippen molar-refractivity contribution in [1.29, 1.82) is 0 Å². The molecule has 8 heteroatoms. The molecule has 1 fully saturated rings. The lowest BCUT2D eigenvalue weighted by Crippen LogP contribution is -2.46. The molecule has 3 rings (SSSR count). The minimum atomic E-state index is -1.10. The number of allylic oxidation sites excluding steroid dienone is 2. The van der Waals surface area contributed by atoms with Crippen molar-refractivity contribution in [2.24, 2.45) is 11.8 Å². The summed E-state index contributed by atoms with van der Waals surface area (Å²) >= 11 is 0. The quantitative estimate of drug-likeness (QED) is 0.445. The summed E-state index contributed by atoms with van der Waals surface area (Å²) in [5.41, 5.74) is 0.492. The number of hydrogen-bond donors (Lipinski definition) is 1. The van der Waals surface area contributed by atoms with Gasteiger partial charge in [-0.2, -0.15) is 0 Å². The van der Waals surface area contributed by atoms with E-state index in [2.05, 4.69) is 5.32 Å². The Hall–Kier alpha value is -3.16. The van der Waals surface area contributed by atoms with Gasteiger partial charge in [-0.15, -0.1) is 0 Å². The summed E-state index contributed by atoms with van der Waals surface area (Å²) < 4.78 is 10.3. The number of nitrogens with zero attached hydrogens (tertiary/aromatic N) is 1. The number of esters is 1. The minimum Gasteiger partial charge on any atom is -0.497 e. The third-order valence-electron chi connectivity index (χ3n) is 5.27. The fourth-order valence-electron chi connectivity index (χ4n) is 3.58. The lowest BCUT2D eigenvalue weighted by molar-refractivity contribution is -0.163. The van der Waals surface area contributed by atoms with E-state index in [1.54, 1.807) is 24.3 Å². The first-order valence-corrected chi connectivity index (χ1v) is 9.50. The number of rotatable bonds is 6. The first-order valence-electron chi connectivity index (χ1n) is 9.50. The lowest BCUT2D eigenvalue weighted by Gasteiger charge is -2.23. The number of carbonyl (C=O) groups excluding carboxylic acids is 4. The van der Waals surface area contributed by atoms with Gasteiger partial charge in [0, 0.05) is 11.8 Å². The number of fused-ring (bicyclic) bond motifs is 1. The Balaban J connectivity index is 1.60. The number of amides is 3. The Morgan fingerprint density at radius 3 is 2.31 bits per heavy atom. The largest absolute Gasteiger partial charge is 0.497 e. The van der Waals surface area contributed by atoms with Crippen LogP contribution in [0.5, 0.6) is 5.75 Å². The molecular formula is C21H24N2O6. The number of anilines is 1. The van der Waals surface area contributed by atoms with Gasteiger partial charge in [-0.05, 0) is 38.8 Å². The number of benzene rings is 1. The molecule has 0 radical (unpaired) electrons. The van der Waals surface area contributed by atoms with Crippen LogP contribution in [0.2, 0.25) is 0 Å². The van der Waals surface area contributed by atoms with Crippen molar-refractivity contribution in [3.8, 4) is 5.75 Å². The molecule has 1 saturated heterocycles. The molecule has 8 nitrogen and oxygen atoms in total. The maximum absolute atomic E-state index is 12.6. The summed E-state index contributed by atoms with van der Waals surface area (Å²) in [7, 11) is 1.51. The molecule has 0 saturated carbocycles. The molecule has 2 aliphatic rings. The van der Waals surface area contributed by atoms with E-state index in [0.29, 0.717) is 24.3 Å². The van der Waals surface area contributed by atoms with E-state index in [-0.39, 0.29) is 11.8 Å². The lowest BCUT2D eigenvalue weighted by atomic mass is 9.85. The normalized spacial score (nSPS) is 22.7. The van der Waals surface area contributed by atoms with E-state index < -0.39 is 35.9 Å². The standard InChI is InChI=1S/C21H24N2O6/c1-12(23-19(25)16-9-4-5-10-17(16)20(23)26)21(27)29-13(2)18(24)22-14-7-6-8-15(11-14)28-3/h4-8,11-13,16-17H,9-10H2,1-3H3,(H,22,24)/t12-,13+,16-,17+/m1/s1. The highest BCUT2D eigenvalue weighted by Gasteiger charge is 2.50. The van der Waals surface area contributed by atoms with Gasteiger partial charge in [0.1, 0.15) is 11.8 Å². The number of imide groups is 1. The maximum Gasteiger partial charge on any atom is 0.329 e. The third kappa shape index (κ3) is 4.16. The number of likely N-dealkylation sites (tertiary alicyclic amines) is 1. The molecule has 0 spiro atoms. The van der Waals surface area contributed by atoms with Gasteiger partial charge < -0.3 is 14.8 Å². The highest BCUT2D eigenvalue weighted by molar-refractivity contribution is 6.08. The Kier molecular flexibility index (Phi) is 6.00. The van der Waals surface area contributed by atoms with E-state index >= 15 is 0 Å². The fourth-order valence-corrected chi connectivity index (χ4v) is 3.58. The molecule has 0 unspecified atom stereocenters. The summed E-state index contributed by atoms with van der Waals surface area (Å²) in [6.45, 7) is 2.87. The summed E-state index contributed by atoms with van der Waals surface area (Å²) in [5.74, 6) is -2.32. The molecule has 1 aliphatic carbocycles. The summed E-state index contributed by atoms with van der Waals surface area (Å²) in [6.07, 6.45) is 3.64. The number of methoxy groups -OCH3 is 1. The van der Waals surface area contributed by atoms with Crippen LogP contribution in [0.25, 0.3) is 0 Å². The second-order valence-electron chi connectivity index (χ2n) is 7.18. The van der Waals surface area contributed by atoms with Crippen LogP contribution in [0.4, 0.5) is 5.69 Å². The summed E-state index contributed by atoms with van der Waals surface area (Å²) in [4.78, 5) is 51.0. The monoisotopic (exact) mass is 400 g/mol. The number of nitrogens with one attached hydrogen (secondary N) is 1. The van der Waals surface area contributed by atoms with Crippen LogP contribution < -0.4 is 10.1 Å². The van der Waals surface area contributed by atoms with Gasteiger partial charge in [-0.1, -0.05) is 18.2 Å². The van der Waals surface area contributed by atoms with Gasteiger partial charge >= 0.3 is 5.97 Å². The van der Waals surface area contributed by atoms with Crippen molar-refractivity contribution in [3.05, 3.63) is 36.4 Å². The zero-order chi connectivity index (χ0) is 21.1. The van der Waals surface area contributed by atoms with Gasteiger partial charge in [0.05, 0.1) is 18.9 Å². The zero-order valence-electron chi connectivity index (χ0n) is 16.6. The van der Waals surface area contributed by atoms with E-state index in [1.807, 2.05) is 12.2 Å². The van der Waals surface area contributed by atoms with E-state index in [0.717, 1.165) is 4.90 Å². The van der Waals surface area contributed by atoms with Crippen molar-refractivity contribution in [3.63, 3.8) is 0 Å². The molecule has 0 bridgehead atoms. The first-order chi connectivity index (χ1) is 13.8. The van der Waals surface area contributed by atoms with Crippen molar-refractivity contribution in [2.45, 2.75) is 38.8 Å². The van der Waals surface area contributed by atoms with Crippen LogP contribution in [0.1, 0.15) is 26.7 Å². The van der Waals surface area contributed by atoms with Crippen molar-refractivity contribution < 1.29 is 28.7 Å². The zero-order valence-corrected chi connectivity index (χ0v) is 16.6. The molecule has 3 amide bonds. The average Bonchev–Trinajstić information content (AvgIpc) is 2.98. The number of ether oxygens (including phenoxy) is 2. The Morgan fingerprint density at radius 1 is 1.10 bits per heavy atom. The third-order valence-corrected chi connectivity index (χ3v) is 5.27. The summed E-state index contributed by atoms with van der Waals surface area (Å²) in [6, 6.07) is 5.67. The molecule has 1 N–H and O–H groups in total. The van der Waals surface area contributed by atoms with Crippen LogP contribution >= 0.6 is 0 Å². The van der Waals surface area contributed by atoms with Gasteiger partial charge in [0.15, 0.2) is 6.10 Å². The second kappa shape index (κ2) is 8.46. The molecule has 1 aliphatic heterocycles. The number of hydrogen-bond acceptors (Lipinski definition) is 6.